The fourth-order valence-corrected chi connectivity index (χ4v) is 3.92. The molecule has 8 heteroatoms. The third-order valence-electron chi connectivity index (χ3n) is 5.66. The minimum Gasteiger partial charge on any atom is -0.378 e. The molecule has 0 spiro atoms. The topological polar surface area (TPSA) is 90.5 Å². The number of halogens is 1. The van der Waals surface area contributed by atoms with Gasteiger partial charge < -0.3 is 14.6 Å². The number of hydrogen-bond donors (Lipinski definition) is 3. The molecule has 1 amide bonds. The van der Waals surface area contributed by atoms with Crippen molar-refractivity contribution >= 4 is 22.6 Å². The Morgan fingerprint density at radius 1 is 1.06 bits per heavy atom. The Kier molecular flexibility index (Phi) is 5.95. The van der Waals surface area contributed by atoms with E-state index in [0.717, 1.165) is 35.4 Å². The molecule has 0 unspecified atom stereocenters. The summed E-state index contributed by atoms with van der Waals surface area (Å²) in [5.74, 6) is 5.71. The van der Waals surface area contributed by atoms with Crippen LogP contribution in [-0.2, 0) is 4.74 Å². The summed E-state index contributed by atoms with van der Waals surface area (Å²) >= 11 is 0. The highest BCUT2D eigenvalue weighted by Gasteiger charge is 2.17. The molecular formula is C26H21FN4O3. The number of amides is 1. The average molecular weight is 456 g/mol. The molecule has 1 saturated heterocycles. The lowest BCUT2D eigenvalue weighted by Gasteiger charge is -2.29. The third kappa shape index (κ3) is 4.35. The number of aromatic nitrogens is 2. The molecule has 1 aromatic heterocycles. The van der Waals surface area contributed by atoms with Gasteiger partial charge in [0.15, 0.2) is 0 Å². The van der Waals surface area contributed by atoms with Crippen molar-refractivity contribution in [3.05, 3.63) is 83.2 Å². The van der Waals surface area contributed by atoms with E-state index < -0.39 is 5.91 Å². The summed E-state index contributed by atoms with van der Waals surface area (Å²) < 4.78 is 19.6. The van der Waals surface area contributed by atoms with Crippen LogP contribution in [0.2, 0.25) is 0 Å². The van der Waals surface area contributed by atoms with Crippen LogP contribution in [0.5, 0.6) is 0 Å². The summed E-state index contributed by atoms with van der Waals surface area (Å²) in [6.07, 6.45) is 0. The number of fused-ring (bicyclic) bond motifs is 1. The predicted octanol–water partition coefficient (Wildman–Crippen LogP) is 3.72. The zero-order valence-electron chi connectivity index (χ0n) is 18.1. The molecule has 1 aliphatic heterocycles. The second kappa shape index (κ2) is 9.35. The van der Waals surface area contributed by atoms with Crippen LogP contribution in [0.1, 0.15) is 21.5 Å². The van der Waals surface area contributed by atoms with Crippen LogP contribution in [0.3, 0.4) is 0 Å². The first kappa shape index (κ1) is 21.6. The van der Waals surface area contributed by atoms with E-state index in [9.17, 15) is 9.18 Å². The quantitative estimate of drug-likeness (QED) is 0.248. The zero-order valence-corrected chi connectivity index (χ0v) is 18.1. The molecule has 4 aromatic rings. The number of aromatic amines is 1. The first-order valence-corrected chi connectivity index (χ1v) is 10.8. The van der Waals surface area contributed by atoms with Gasteiger partial charge in [0.2, 0.25) is 0 Å². The Morgan fingerprint density at radius 3 is 2.65 bits per heavy atom. The maximum Gasteiger partial charge on any atom is 0.274 e. The second-order valence-corrected chi connectivity index (χ2v) is 7.82. The van der Waals surface area contributed by atoms with E-state index in [4.69, 9.17) is 14.9 Å². The average Bonchev–Trinajstić information content (AvgIpc) is 3.31. The standard InChI is InChI=1S/C26H21FN4O3/c27-21-7-2-1-4-17(21)8-9-18-15-22-23(16-24(18)31-10-12-34-13-11-31)29-25(28-22)19-5-3-6-20(14-19)26(32)30-33/h1-7,14-16,33H,10-13H2,(H,28,29)(H,30,32). The Labute approximate surface area is 195 Å². The van der Waals surface area contributed by atoms with Gasteiger partial charge in [-0.05, 0) is 36.4 Å². The van der Waals surface area contributed by atoms with Crippen LogP contribution < -0.4 is 10.4 Å². The Hall–Kier alpha value is -4.19. The minimum absolute atomic E-state index is 0.311. The lowest BCUT2D eigenvalue weighted by molar-refractivity contribution is 0.0706. The molecule has 0 radical (unpaired) electrons. The number of benzene rings is 3. The number of anilines is 1. The van der Waals surface area contributed by atoms with Crippen molar-refractivity contribution in [2.45, 2.75) is 0 Å². The van der Waals surface area contributed by atoms with Crippen molar-refractivity contribution in [3.8, 4) is 23.2 Å². The molecule has 3 N–H and O–H groups in total. The highest BCUT2D eigenvalue weighted by molar-refractivity contribution is 5.94. The maximum atomic E-state index is 14.1. The predicted molar refractivity (Wildman–Crippen MR) is 126 cm³/mol. The largest absolute Gasteiger partial charge is 0.378 e. The number of H-pyrrole nitrogens is 1. The van der Waals surface area contributed by atoms with Gasteiger partial charge in [-0.2, -0.15) is 0 Å². The molecule has 5 rings (SSSR count). The Bertz CT molecular complexity index is 1430. The van der Waals surface area contributed by atoms with Gasteiger partial charge in [-0.3, -0.25) is 10.0 Å². The van der Waals surface area contributed by atoms with Crippen molar-refractivity contribution in [2.24, 2.45) is 0 Å². The van der Waals surface area contributed by atoms with Crippen molar-refractivity contribution in [2.75, 3.05) is 31.2 Å². The maximum absolute atomic E-state index is 14.1. The second-order valence-electron chi connectivity index (χ2n) is 7.82. The summed E-state index contributed by atoms with van der Waals surface area (Å²) in [6.45, 7) is 2.67. The van der Waals surface area contributed by atoms with Gasteiger partial charge in [-0.15, -0.1) is 0 Å². The number of hydroxylamine groups is 1. The summed E-state index contributed by atoms with van der Waals surface area (Å²) in [4.78, 5) is 22.0. The van der Waals surface area contributed by atoms with E-state index in [-0.39, 0.29) is 5.82 Å². The molecule has 0 bridgehead atoms. The minimum atomic E-state index is -0.599. The van der Waals surface area contributed by atoms with Gasteiger partial charge in [0.1, 0.15) is 11.6 Å². The van der Waals surface area contributed by atoms with E-state index in [1.807, 2.05) is 18.2 Å². The molecule has 0 aliphatic carbocycles. The Balaban J connectivity index is 1.60. The molecule has 1 aliphatic rings. The van der Waals surface area contributed by atoms with Crippen molar-refractivity contribution in [3.63, 3.8) is 0 Å². The van der Waals surface area contributed by atoms with E-state index in [2.05, 4.69) is 21.7 Å². The first-order valence-electron chi connectivity index (χ1n) is 10.8. The number of nitrogens with zero attached hydrogens (tertiary/aromatic N) is 2. The fraction of sp³-hybridized carbons (Fsp3) is 0.154. The monoisotopic (exact) mass is 456 g/mol. The van der Waals surface area contributed by atoms with E-state index in [1.165, 1.54) is 6.07 Å². The highest BCUT2D eigenvalue weighted by Crippen LogP contribution is 2.29. The van der Waals surface area contributed by atoms with E-state index >= 15 is 0 Å². The highest BCUT2D eigenvalue weighted by atomic mass is 19.1. The number of imidazole rings is 1. The van der Waals surface area contributed by atoms with E-state index in [1.54, 1.807) is 41.9 Å². The molecule has 0 atom stereocenters. The number of morpholine rings is 1. The fourth-order valence-electron chi connectivity index (χ4n) is 3.92. The van der Waals surface area contributed by atoms with Crippen molar-refractivity contribution in [1.82, 2.24) is 15.4 Å². The number of carbonyl (C=O) groups excluding carboxylic acids is 1. The lowest BCUT2D eigenvalue weighted by atomic mass is 10.1. The molecule has 170 valence electrons. The van der Waals surface area contributed by atoms with Crippen LogP contribution in [0.25, 0.3) is 22.4 Å². The van der Waals surface area contributed by atoms with Crippen LogP contribution in [0.15, 0.2) is 60.7 Å². The molecular weight excluding hydrogens is 435 g/mol. The summed E-state index contributed by atoms with van der Waals surface area (Å²) in [5, 5.41) is 8.93. The molecule has 3 aromatic carbocycles. The number of nitrogens with one attached hydrogen (secondary N) is 2. The summed E-state index contributed by atoms with van der Waals surface area (Å²) in [7, 11) is 0. The molecule has 34 heavy (non-hydrogen) atoms. The summed E-state index contributed by atoms with van der Waals surface area (Å²) in [6, 6.07) is 17.1. The third-order valence-corrected chi connectivity index (χ3v) is 5.66. The van der Waals surface area contributed by atoms with Crippen LogP contribution in [0.4, 0.5) is 10.1 Å². The smallest absolute Gasteiger partial charge is 0.274 e. The molecule has 2 heterocycles. The van der Waals surface area contributed by atoms with Gasteiger partial charge in [0, 0.05) is 24.2 Å². The molecule has 7 nitrogen and oxygen atoms in total. The lowest BCUT2D eigenvalue weighted by Crippen LogP contribution is -2.36. The van der Waals surface area contributed by atoms with Crippen LogP contribution in [0, 0.1) is 17.7 Å². The van der Waals surface area contributed by atoms with E-state index in [0.29, 0.717) is 35.7 Å². The molecule has 1 fully saturated rings. The van der Waals surface area contributed by atoms with Gasteiger partial charge >= 0.3 is 0 Å². The van der Waals surface area contributed by atoms with Crippen LogP contribution >= 0.6 is 0 Å². The number of hydrogen-bond acceptors (Lipinski definition) is 5. The number of carbonyl (C=O) groups is 1. The zero-order chi connectivity index (χ0) is 23.5. The van der Waals surface area contributed by atoms with Gasteiger partial charge in [-0.1, -0.05) is 36.1 Å². The normalized spacial score (nSPS) is 13.4. The van der Waals surface area contributed by atoms with Gasteiger partial charge in [-0.25, -0.2) is 14.9 Å². The van der Waals surface area contributed by atoms with Crippen molar-refractivity contribution in [1.29, 1.82) is 0 Å². The SMILES string of the molecule is O=C(NO)c1cccc(-c2nc3cc(N4CCOCC4)c(C#Cc4ccccc4F)cc3[nH]2)c1. The van der Waals surface area contributed by atoms with Gasteiger partial charge in [0.25, 0.3) is 5.91 Å². The van der Waals surface area contributed by atoms with Crippen molar-refractivity contribution < 1.29 is 19.1 Å². The van der Waals surface area contributed by atoms with Crippen LogP contribution in [-0.4, -0.2) is 47.4 Å². The first-order chi connectivity index (χ1) is 16.6. The molecule has 0 saturated carbocycles. The number of ether oxygens (including phenoxy) is 1. The summed E-state index contributed by atoms with van der Waals surface area (Å²) in [5.41, 5.74) is 6.15. The number of rotatable bonds is 3. The Morgan fingerprint density at radius 2 is 1.85 bits per heavy atom. The van der Waals surface area contributed by atoms with Gasteiger partial charge in [0.05, 0.1) is 41.1 Å².